The second-order valence-corrected chi connectivity index (χ2v) is 3.93. The van der Waals surface area contributed by atoms with E-state index in [1.165, 1.54) is 6.92 Å². The van der Waals surface area contributed by atoms with Gasteiger partial charge in [-0.2, -0.15) is 0 Å². The van der Waals surface area contributed by atoms with Crippen molar-refractivity contribution in [3.8, 4) is 0 Å². The maximum Gasteiger partial charge on any atom is 0.216 e. The summed E-state index contributed by atoms with van der Waals surface area (Å²) >= 11 is 5.85. The number of halogens is 1. The van der Waals surface area contributed by atoms with Gasteiger partial charge in [-0.25, -0.2) is 4.98 Å². The molecule has 2 aromatic rings. The van der Waals surface area contributed by atoms with E-state index in [9.17, 15) is 4.79 Å². The lowest BCUT2D eigenvalue weighted by molar-refractivity contribution is -0.118. The van der Waals surface area contributed by atoms with Gasteiger partial charge in [-0.15, -0.1) is 11.6 Å². The Hall–Kier alpha value is -1.62. The fourth-order valence-corrected chi connectivity index (χ4v) is 1.93. The maximum atomic E-state index is 10.8. The van der Waals surface area contributed by atoms with E-state index in [1.807, 2.05) is 10.6 Å². The molecule has 0 unspecified atom stereocenters. The number of nitrogens with one attached hydrogen (secondary N) is 1. The number of alkyl halides is 1. The van der Waals surface area contributed by atoms with Crippen molar-refractivity contribution < 1.29 is 4.79 Å². The van der Waals surface area contributed by atoms with Gasteiger partial charge in [0.1, 0.15) is 11.3 Å². The number of amides is 1. The number of carbonyl (C=O) groups excluding carboxylic acids is 1. The quantitative estimate of drug-likeness (QED) is 0.835. The average molecular weight is 253 g/mol. The minimum Gasteiger partial charge on any atom is -0.355 e. The number of hydrogen-bond acceptors (Lipinski definition) is 3. The zero-order chi connectivity index (χ0) is 12.3. The lowest BCUT2D eigenvalue weighted by atomic mass is 10.4. The Morgan fingerprint density at radius 3 is 3.12 bits per heavy atom. The molecule has 1 amide bonds. The number of pyridine rings is 1. The Bertz CT molecular complexity index is 537. The van der Waals surface area contributed by atoms with E-state index >= 15 is 0 Å². The van der Waals surface area contributed by atoms with Gasteiger partial charge in [-0.1, -0.05) is 0 Å². The first kappa shape index (κ1) is 11.9. The summed E-state index contributed by atoms with van der Waals surface area (Å²) in [6.07, 6.45) is 3.43. The van der Waals surface area contributed by atoms with Crippen LogP contribution in [-0.2, 0) is 17.2 Å². The zero-order valence-corrected chi connectivity index (χ0v) is 10.2. The van der Waals surface area contributed by atoms with Crippen LogP contribution in [0.1, 0.15) is 12.7 Å². The first-order valence-electron chi connectivity index (χ1n) is 5.32. The predicted octanol–water partition coefficient (Wildman–Crippen LogP) is 1.31. The fraction of sp³-hybridized carbons (Fsp3) is 0.364. The van der Waals surface area contributed by atoms with E-state index < -0.39 is 0 Å². The van der Waals surface area contributed by atoms with Crippen molar-refractivity contribution >= 4 is 28.5 Å². The molecule has 0 aromatic carbocycles. The van der Waals surface area contributed by atoms with Crippen molar-refractivity contribution in [1.82, 2.24) is 19.9 Å². The van der Waals surface area contributed by atoms with Crippen LogP contribution in [-0.4, -0.2) is 27.0 Å². The molecule has 17 heavy (non-hydrogen) atoms. The van der Waals surface area contributed by atoms with E-state index in [2.05, 4.69) is 15.3 Å². The molecule has 0 aliphatic heterocycles. The van der Waals surface area contributed by atoms with Gasteiger partial charge in [-0.3, -0.25) is 9.78 Å². The van der Waals surface area contributed by atoms with E-state index in [-0.39, 0.29) is 5.91 Å². The third kappa shape index (κ3) is 2.55. The van der Waals surface area contributed by atoms with Crippen molar-refractivity contribution in [2.45, 2.75) is 19.3 Å². The van der Waals surface area contributed by atoms with Gasteiger partial charge in [0.25, 0.3) is 0 Å². The van der Waals surface area contributed by atoms with Crippen molar-refractivity contribution in [3.63, 3.8) is 0 Å². The van der Waals surface area contributed by atoms with Crippen LogP contribution >= 0.6 is 11.6 Å². The monoisotopic (exact) mass is 252 g/mol. The molecule has 90 valence electrons. The van der Waals surface area contributed by atoms with Gasteiger partial charge < -0.3 is 9.88 Å². The molecule has 0 aliphatic carbocycles. The highest BCUT2D eigenvalue weighted by Crippen LogP contribution is 2.15. The standard InChI is InChI=1S/C11H13ClN4O/c1-8(17)14-4-5-16-10-2-3-13-7-9(10)15-11(16)6-12/h2-3,7H,4-6H2,1H3,(H,14,17). The molecule has 0 bridgehead atoms. The molecule has 2 heterocycles. The molecule has 0 spiro atoms. The minimum atomic E-state index is -0.0384. The van der Waals surface area contributed by atoms with Crippen LogP contribution in [0.15, 0.2) is 18.5 Å². The Kier molecular flexibility index (Phi) is 3.58. The van der Waals surface area contributed by atoms with Gasteiger partial charge in [-0.05, 0) is 6.07 Å². The third-order valence-electron chi connectivity index (χ3n) is 2.46. The highest BCUT2D eigenvalue weighted by molar-refractivity contribution is 6.16. The summed E-state index contributed by atoms with van der Waals surface area (Å²) in [6.45, 7) is 2.72. The van der Waals surface area contributed by atoms with Crippen LogP contribution < -0.4 is 5.32 Å². The van der Waals surface area contributed by atoms with Crippen LogP contribution in [0.4, 0.5) is 0 Å². The SMILES string of the molecule is CC(=O)NCCn1c(CCl)nc2cnccc21. The number of fused-ring (bicyclic) bond motifs is 1. The zero-order valence-electron chi connectivity index (χ0n) is 9.48. The van der Waals surface area contributed by atoms with Crippen molar-refractivity contribution in [2.24, 2.45) is 0 Å². The van der Waals surface area contributed by atoms with E-state index in [0.717, 1.165) is 16.9 Å². The number of aromatic nitrogens is 3. The molecule has 1 N–H and O–H groups in total. The molecule has 0 saturated carbocycles. The summed E-state index contributed by atoms with van der Waals surface area (Å²) in [5.74, 6) is 1.10. The van der Waals surface area contributed by atoms with E-state index in [1.54, 1.807) is 12.4 Å². The molecule has 0 aliphatic rings. The minimum absolute atomic E-state index is 0.0384. The average Bonchev–Trinajstić information content (AvgIpc) is 2.67. The van der Waals surface area contributed by atoms with Crippen LogP contribution in [0.5, 0.6) is 0 Å². The van der Waals surface area contributed by atoms with E-state index in [4.69, 9.17) is 11.6 Å². The van der Waals surface area contributed by atoms with Gasteiger partial charge in [0.15, 0.2) is 0 Å². The molecule has 5 nitrogen and oxygen atoms in total. The molecule has 6 heteroatoms. The largest absolute Gasteiger partial charge is 0.355 e. The Balaban J connectivity index is 2.27. The van der Waals surface area contributed by atoms with Crippen LogP contribution in [0.25, 0.3) is 11.0 Å². The molecular weight excluding hydrogens is 240 g/mol. The van der Waals surface area contributed by atoms with Gasteiger partial charge in [0, 0.05) is 26.2 Å². The molecular formula is C11H13ClN4O. The molecule has 2 aromatic heterocycles. The lowest BCUT2D eigenvalue weighted by Crippen LogP contribution is -2.24. The maximum absolute atomic E-state index is 10.8. The lowest BCUT2D eigenvalue weighted by Gasteiger charge is -2.07. The topological polar surface area (TPSA) is 59.8 Å². The van der Waals surface area contributed by atoms with Gasteiger partial charge in [0.05, 0.1) is 17.6 Å². The number of nitrogens with zero attached hydrogens (tertiary/aromatic N) is 3. The Morgan fingerprint density at radius 1 is 1.59 bits per heavy atom. The predicted molar refractivity (Wildman–Crippen MR) is 65.8 cm³/mol. The summed E-state index contributed by atoms with van der Waals surface area (Å²) in [4.78, 5) is 19.2. The summed E-state index contributed by atoms with van der Waals surface area (Å²) in [5, 5.41) is 2.75. The highest BCUT2D eigenvalue weighted by atomic mass is 35.5. The second kappa shape index (κ2) is 5.14. The number of imidazole rings is 1. The smallest absolute Gasteiger partial charge is 0.216 e. The Labute approximate surface area is 104 Å². The fourth-order valence-electron chi connectivity index (χ4n) is 1.73. The second-order valence-electron chi connectivity index (χ2n) is 3.66. The summed E-state index contributed by atoms with van der Waals surface area (Å²) < 4.78 is 2.00. The number of carbonyl (C=O) groups is 1. The highest BCUT2D eigenvalue weighted by Gasteiger charge is 2.09. The Morgan fingerprint density at radius 2 is 2.41 bits per heavy atom. The van der Waals surface area contributed by atoms with Crippen molar-refractivity contribution in [1.29, 1.82) is 0 Å². The molecule has 0 fully saturated rings. The molecule has 2 rings (SSSR count). The van der Waals surface area contributed by atoms with E-state index in [0.29, 0.717) is 19.0 Å². The number of rotatable bonds is 4. The van der Waals surface area contributed by atoms with Crippen LogP contribution in [0, 0.1) is 0 Å². The van der Waals surface area contributed by atoms with Gasteiger partial charge in [0.2, 0.25) is 5.91 Å². The van der Waals surface area contributed by atoms with Crippen molar-refractivity contribution in [3.05, 3.63) is 24.3 Å². The normalized spacial score (nSPS) is 10.7. The first-order chi connectivity index (χ1) is 8.22. The molecule has 0 saturated heterocycles. The summed E-state index contributed by atoms with van der Waals surface area (Å²) in [7, 11) is 0. The summed E-state index contributed by atoms with van der Waals surface area (Å²) in [5.41, 5.74) is 1.81. The van der Waals surface area contributed by atoms with Crippen molar-refractivity contribution in [2.75, 3.05) is 6.54 Å². The van der Waals surface area contributed by atoms with Gasteiger partial charge >= 0.3 is 0 Å². The first-order valence-corrected chi connectivity index (χ1v) is 5.85. The molecule has 0 atom stereocenters. The number of hydrogen-bond donors (Lipinski definition) is 1. The van der Waals surface area contributed by atoms with Crippen LogP contribution in [0.3, 0.4) is 0 Å². The third-order valence-corrected chi connectivity index (χ3v) is 2.70. The van der Waals surface area contributed by atoms with Crippen LogP contribution in [0.2, 0.25) is 0 Å². The summed E-state index contributed by atoms with van der Waals surface area (Å²) in [6, 6.07) is 1.89. The molecule has 0 radical (unpaired) electrons.